The van der Waals surface area contributed by atoms with Crippen molar-refractivity contribution in [1.82, 2.24) is 9.99 Å². The number of halogens is 2. The summed E-state index contributed by atoms with van der Waals surface area (Å²) < 4.78 is 0. The fourth-order valence-electron chi connectivity index (χ4n) is 2.45. The van der Waals surface area contributed by atoms with Gasteiger partial charge in [-0.15, -0.1) is 0 Å². The number of hydrogen-bond donors (Lipinski definition) is 2. The lowest BCUT2D eigenvalue weighted by molar-refractivity contribution is -0.117. The minimum absolute atomic E-state index is 0.444. The summed E-state index contributed by atoms with van der Waals surface area (Å²) >= 11 is 11.9. The van der Waals surface area contributed by atoms with E-state index in [1.807, 2.05) is 24.4 Å². The zero-order valence-corrected chi connectivity index (χ0v) is 13.7. The number of amides is 1. The Morgan fingerprint density at radius 2 is 1.96 bits per heavy atom. The van der Waals surface area contributed by atoms with Crippen molar-refractivity contribution < 1.29 is 4.79 Å². The van der Waals surface area contributed by atoms with Crippen LogP contribution in [0.4, 0.5) is 5.69 Å². The molecule has 1 heterocycles. The van der Waals surface area contributed by atoms with Crippen molar-refractivity contribution >= 4 is 46.2 Å². The molecule has 0 unspecified atom stereocenters. The van der Waals surface area contributed by atoms with Crippen LogP contribution in [0.1, 0.15) is 5.56 Å². The number of carbonyl (C=O) groups is 1. The van der Waals surface area contributed by atoms with E-state index in [9.17, 15) is 4.79 Å². The summed E-state index contributed by atoms with van der Waals surface area (Å²) in [5.74, 6) is 0. The summed E-state index contributed by atoms with van der Waals surface area (Å²) in [5, 5.41) is 3.59. The van der Waals surface area contributed by atoms with Crippen LogP contribution in [0.25, 0.3) is 10.9 Å². The molecule has 0 aliphatic carbocycles. The van der Waals surface area contributed by atoms with Crippen molar-refractivity contribution in [3.05, 3.63) is 64.3 Å². The van der Waals surface area contributed by atoms with Gasteiger partial charge in [0.15, 0.2) is 0 Å². The zero-order valence-electron chi connectivity index (χ0n) is 12.2. The molecule has 4 nitrogen and oxygen atoms in total. The molecule has 3 rings (SSSR count). The van der Waals surface area contributed by atoms with Crippen LogP contribution in [0.2, 0.25) is 10.0 Å². The SMILES string of the molecule is O=CN(CCc1c[nH]c2ccccc12)Nc1ccc(Cl)c(Cl)c1. The van der Waals surface area contributed by atoms with Gasteiger partial charge in [0.1, 0.15) is 0 Å². The van der Waals surface area contributed by atoms with Gasteiger partial charge < -0.3 is 4.98 Å². The molecule has 0 radical (unpaired) electrons. The molecule has 3 aromatic rings. The molecule has 118 valence electrons. The van der Waals surface area contributed by atoms with Crippen molar-refractivity contribution in [3.63, 3.8) is 0 Å². The predicted octanol–water partition coefficient (Wildman–Crippen LogP) is 4.50. The molecular weight excluding hydrogens is 333 g/mol. The van der Waals surface area contributed by atoms with Crippen molar-refractivity contribution in [2.75, 3.05) is 12.0 Å². The molecule has 0 bridgehead atoms. The summed E-state index contributed by atoms with van der Waals surface area (Å²) in [6, 6.07) is 13.2. The first-order valence-corrected chi connectivity index (χ1v) is 7.91. The predicted molar refractivity (Wildman–Crippen MR) is 94.9 cm³/mol. The molecule has 0 saturated carbocycles. The first kappa shape index (κ1) is 15.7. The van der Waals surface area contributed by atoms with E-state index in [4.69, 9.17) is 23.2 Å². The second kappa shape index (κ2) is 6.94. The van der Waals surface area contributed by atoms with Gasteiger partial charge in [-0.25, -0.2) is 0 Å². The maximum absolute atomic E-state index is 11.3. The average molecular weight is 348 g/mol. The fraction of sp³-hybridized carbons (Fsp3) is 0.118. The Bertz CT molecular complexity index is 832. The van der Waals surface area contributed by atoms with Crippen LogP contribution in [0.15, 0.2) is 48.7 Å². The molecule has 2 N–H and O–H groups in total. The van der Waals surface area contributed by atoms with E-state index >= 15 is 0 Å². The number of hydrogen-bond acceptors (Lipinski definition) is 2. The standard InChI is InChI=1S/C17H15Cl2N3O/c18-15-6-5-13(9-16(15)19)21-22(11-23)8-7-12-10-20-17-4-2-1-3-14(12)17/h1-6,9-11,20-21H,7-8H2. The lowest BCUT2D eigenvalue weighted by Crippen LogP contribution is -2.30. The van der Waals surface area contributed by atoms with Crippen molar-refractivity contribution in [3.8, 4) is 0 Å². The van der Waals surface area contributed by atoms with E-state index in [0.717, 1.165) is 18.3 Å². The summed E-state index contributed by atoms with van der Waals surface area (Å²) in [6.07, 6.45) is 3.47. The Labute approximate surface area is 144 Å². The van der Waals surface area contributed by atoms with E-state index < -0.39 is 0 Å². The molecule has 0 aliphatic heterocycles. The van der Waals surface area contributed by atoms with Gasteiger partial charge >= 0.3 is 0 Å². The van der Waals surface area contributed by atoms with E-state index in [1.54, 1.807) is 18.2 Å². The first-order chi connectivity index (χ1) is 11.2. The molecule has 6 heteroatoms. The quantitative estimate of drug-likeness (QED) is 0.509. The third kappa shape index (κ3) is 3.60. The number of rotatable bonds is 6. The molecule has 23 heavy (non-hydrogen) atoms. The second-order valence-electron chi connectivity index (χ2n) is 5.15. The summed E-state index contributed by atoms with van der Waals surface area (Å²) in [5.41, 5.74) is 6.00. The molecule has 2 aromatic carbocycles. The highest BCUT2D eigenvalue weighted by molar-refractivity contribution is 6.42. The fourth-order valence-corrected chi connectivity index (χ4v) is 2.74. The van der Waals surface area contributed by atoms with Gasteiger partial charge in [-0.3, -0.25) is 15.2 Å². The third-order valence-electron chi connectivity index (χ3n) is 3.62. The zero-order chi connectivity index (χ0) is 16.2. The number of nitrogens with zero attached hydrogens (tertiary/aromatic N) is 1. The summed E-state index contributed by atoms with van der Waals surface area (Å²) in [4.78, 5) is 14.5. The number of anilines is 1. The minimum atomic E-state index is 0.444. The van der Waals surface area contributed by atoms with Crippen LogP contribution in [0, 0.1) is 0 Å². The monoisotopic (exact) mass is 347 g/mol. The van der Waals surface area contributed by atoms with Crippen LogP contribution >= 0.6 is 23.2 Å². The number of hydrazine groups is 1. The van der Waals surface area contributed by atoms with E-state index in [2.05, 4.69) is 16.5 Å². The van der Waals surface area contributed by atoms with E-state index in [-0.39, 0.29) is 0 Å². The maximum atomic E-state index is 11.3. The normalized spacial score (nSPS) is 10.7. The molecule has 0 fully saturated rings. The molecule has 0 saturated heterocycles. The lowest BCUT2D eigenvalue weighted by atomic mass is 10.1. The number of aromatic amines is 1. The first-order valence-electron chi connectivity index (χ1n) is 7.16. The van der Waals surface area contributed by atoms with Crippen LogP contribution < -0.4 is 5.43 Å². The molecule has 0 spiro atoms. The highest BCUT2D eigenvalue weighted by Gasteiger charge is 2.07. The molecule has 1 aromatic heterocycles. The van der Waals surface area contributed by atoms with Gasteiger partial charge in [-0.05, 0) is 36.2 Å². The number of fused-ring (bicyclic) bond motifs is 1. The van der Waals surface area contributed by atoms with Gasteiger partial charge in [-0.1, -0.05) is 41.4 Å². The van der Waals surface area contributed by atoms with E-state index in [1.165, 1.54) is 16.0 Å². The van der Waals surface area contributed by atoms with Crippen molar-refractivity contribution in [2.24, 2.45) is 0 Å². The molecular formula is C17H15Cl2N3O. The molecule has 0 aliphatic rings. The van der Waals surface area contributed by atoms with Gasteiger partial charge in [-0.2, -0.15) is 0 Å². The maximum Gasteiger partial charge on any atom is 0.228 e. The number of para-hydroxylation sites is 1. The lowest BCUT2D eigenvalue weighted by Gasteiger charge is -2.19. The number of H-pyrrole nitrogens is 1. The average Bonchev–Trinajstić information content (AvgIpc) is 2.98. The van der Waals surface area contributed by atoms with Crippen LogP contribution in [-0.4, -0.2) is 22.9 Å². The third-order valence-corrected chi connectivity index (χ3v) is 4.36. The van der Waals surface area contributed by atoms with E-state index in [0.29, 0.717) is 22.3 Å². The Morgan fingerprint density at radius 1 is 1.13 bits per heavy atom. The Balaban J connectivity index is 1.67. The van der Waals surface area contributed by atoms with Gasteiger partial charge in [0.25, 0.3) is 0 Å². The smallest absolute Gasteiger partial charge is 0.228 e. The Hall–Kier alpha value is -2.17. The summed E-state index contributed by atoms with van der Waals surface area (Å²) in [6.45, 7) is 0.533. The number of benzene rings is 2. The van der Waals surface area contributed by atoms with Crippen LogP contribution in [-0.2, 0) is 11.2 Å². The topological polar surface area (TPSA) is 48.1 Å². The number of nitrogens with one attached hydrogen (secondary N) is 2. The van der Waals surface area contributed by atoms with Crippen molar-refractivity contribution in [1.29, 1.82) is 0 Å². The highest BCUT2D eigenvalue weighted by atomic mass is 35.5. The van der Waals surface area contributed by atoms with Crippen LogP contribution in [0.5, 0.6) is 0 Å². The van der Waals surface area contributed by atoms with Crippen molar-refractivity contribution in [2.45, 2.75) is 6.42 Å². The second-order valence-corrected chi connectivity index (χ2v) is 5.96. The minimum Gasteiger partial charge on any atom is -0.361 e. The molecule has 1 amide bonds. The Kier molecular flexibility index (Phi) is 4.74. The van der Waals surface area contributed by atoms with Gasteiger partial charge in [0.2, 0.25) is 6.41 Å². The van der Waals surface area contributed by atoms with Gasteiger partial charge in [0.05, 0.1) is 15.7 Å². The molecule has 0 atom stereocenters. The largest absolute Gasteiger partial charge is 0.361 e. The van der Waals surface area contributed by atoms with Crippen LogP contribution in [0.3, 0.4) is 0 Å². The Morgan fingerprint density at radius 3 is 2.74 bits per heavy atom. The summed E-state index contributed by atoms with van der Waals surface area (Å²) in [7, 11) is 0. The highest BCUT2D eigenvalue weighted by Crippen LogP contribution is 2.25. The number of carbonyl (C=O) groups excluding carboxylic acids is 1. The van der Waals surface area contributed by atoms with Gasteiger partial charge in [0, 0.05) is 23.6 Å². The number of aromatic nitrogens is 1.